The second-order valence-electron chi connectivity index (χ2n) is 6.35. The Morgan fingerprint density at radius 2 is 1.67 bits per heavy atom. The number of epoxide rings is 1. The van der Waals surface area contributed by atoms with Crippen LogP contribution in [0.3, 0.4) is 0 Å². The summed E-state index contributed by atoms with van der Waals surface area (Å²) in [6.07, 6.45) is -1.07. The maximum atomic E-state index is 6.10. The molecule has 5 atom stereocenters. The molecule has 7 nitrogen and oxygen atoms in total. The Morgan fingerprint density at radius 3 is 2.14 bits per heavy atom. The van der Waals surface area contributed by atoms with E-state index < -0.39 is 23.5 Å². The molecule has 7 heteroatoms. The highest BCUT2D eigenvalue weighted by atomic mass is 16.9. The highest BCUT2D eigenvalue weighted by Gasteiger charge is 2.62. The lowest BCUT2D eigenvalue weighted by Gasteiger charge is -2.46. The van der Waals surface area contributed by atoms with Gasteiger partial charge in [-0.15, -0.1) is 0 Å². The van der Waals surface area contributed by atoms with Gasteiger partial charge in [-0.2, -0.15) is 0 Å². The van der Waals surface area contributed by atoms with Crippen molar-refractivity contribution in [3.8, 4) is 0 Å². The van der Waals surface area contributed by atoms with Gasteiger partial charge in [-0.25, -0.2) is 0 Å². The highest BCUT2D eigenvalue weighted by Crippen LogP contribution is 2.44. The van der Waals surface area contributed by atoms with Crippen LogP contribution < -0.4 is 0 Å². The predicted octanol–water partition coefficient (Wildman–Crippen LogP) is 0.657. The summed E-state index contributed by atoms with van der Waals surface area (Å²) >= 11 is 0. The van der Waals surface area contributed by atoms with Gasteiger partial charge >= 0.3 is 0 Å². The van der Waals surface area contributed by atoms with E-state index in [0.29, 0.717) is 13.2 Å². The van der Waals surface area contributed by atoms with Crippen molar-refractivity contribution in [1.29, 1.82) is 0 Å². The monoisotopic (exact) mass is 304 g/mol. The summed E-state index contributed by atoms with van der Waals surface area (Å²) in [5.41, 5.74) is 0. The molecule has 0 N–H and O–H groups in total. The first-order valence-corrected chi connectivity index (χ1v) is 7.19. The van der Waals surface area contributed by atoms with Crippen LogP contribution in [0, 0.1) is 0 Å². The molecule has 3 saturated heterocycles. The van der Waals surface area contributed by atoms with Crippen LogP contribution in [0.15, 0.2) is 0 Å². The van der Waals surface area contributed by atoms with Crippen LogP contribution in [-0.4, -0.2) is 69.7 Å². The highest BCUT2D eigenvalue weighted by molar-refractivity contribution is 5.00. The Hall–Kier alpha value is -0.280. The zero-order valence-electron chi connectivity index (χ0n) is 13.2. The van der Waals surface area contributed by atoms with Gasteiger partial charge in [0.1, 0.15) is 31.5 Å². The molecular formula is C14H24O7. The van der Waals surface area contributed by atoms with E-state index in [2.05, 4.69) is 0 Å². The van der Waals surface area contributed by atoms with Gasteiger partial charge < -0.3 is 33.2 Å². The zero-order valence-corrected chi connectivity index (χ0v) is 13.2. The zero-order chi connectivity index (χ0) is 15.3. The Morgan fingerprint density at radius 1 is 0.952 bits per heavy atom. The molecule has 0 radical (unpaired) electrons. The standard InChI is InChI=1S/C14H24O7/c1-12(2)18-8-14(21-12)11(20-13(3)7-19-13)10(16-5)9(15-4)6-17-14/h9-11H,6-8H2,1-5H3/t9-,10-,11-,13?,14+/m1/s1. The lowest BCUT2D eigenvalue weighted by atomic mass is 9.96. The molecule has 1 unspecified atom stereocenters. The summed E-state index contributed by atoms with van der Waals surface area (Å²) in [6, 6.07) is 0. The normalized spacial score (nSPS) is 48.7. The maximum absolute atomic E-state index is 6.10. The van der Waals surface area contributed by atoms with E-state index in [1.807, 2.05) is 20.8 Å². The molecule has 1 spiro atoms. The van der Waals surface area contributed by atoms with E-state index in [0.717, 1.165) is 0 Å². The molecule has 0 saturated carbocycles. The number of ether oxygens (including phenoxy) is 7. The minimum atomic E-state index is -1.01. The van der Waals surface area contributed by atoms with Gasteiger partial charge in [-0.1, -0.05) is 0 Å². The van der Waals surface area contributed by atoms with Crippen LogP contribution in [0.2, 0.25) is 0 Å². The van der Waals surface area contributed by atoms with Crippen LogP contribution in [0.4, 0.5) is 0 Å². The molecule has 0 amide bonds. The van der Waals surface area contributed by atoms with Crippen molar-refractivity contribution in [1.82, 2.24) is 0 Å². The van der Waals surface area contributed by atoms with E-state index in [9.17, 15) is 0 Å². The summed E-state index contributed by atoms with van der Waals surface area (Å²) < 4.78 is 40.2. The summed E-state index contributed by atoms with van der Waals surface area (Å²) in [7, 11) is 3.25. The molecular weight excluding hydrogens is 280 g/mol. The summed E-state index contributed by atoms with van der Waals surface area (Å²) in [5, 5.41) is 0. The molecule has 21 heavy (non-hydrogen) atoms. The van der Waals surface area contributed by atoms with Crippen molar-refractivity contribution in [2.24, 2.45) is 0 Å². The smallest absolute Gasteiger partial charge is 0.224 e. The molecule has 122 valence electrons. The van der Waals surface area contributed by atoms with Gasteiger partial charge in [-0.3, -0.25) is 0 Å². The molecule has 3 heterocycles. The van der Waals surface area contributed by atoms with Crippen molar-refractivity contribution in [2.75, 3.05) is 34.0 Å². The fraction of sp³-hybridized carbons (Fsp3) is 1.00. The quantitative estimate of drug-likeness (QED) is 0.707. The number of methoxy groups -OCH3 is 2. The molecule has 0 aromatic heterocycles. The Balaban J connectivity index is 1.87. The summed E-state index contributed by atoms with van der Waals surface area (Å²) in [5.74, 6) is -2.36. The largest absolute Gasteiger partial charge is 0.376 e. The third-order valence-electron chi connectivity index (χ3n) is 4.13. The summed E-state index contributed by atoms with van der Waals surface area (Å²) in [4.78, 5) is 0. The van der Waals surface area contributed by atoms with Gasteiger partial charge in [0, 0.05) is 14.2 Å². The molecule has 3 aliphatic rings. The van der Waals surface area contributed by atoms with E-state index in [1.54, 1.807) is 14.2 Å². The van der Waals surface area contributed by atoms with Gasteiger partial charge in [0.25, 0.3) is 0 Å². The minimum Gasteiger partial charge on any atom is -0.376 e. The minimum absolute atomic E-state index is 0.236. The molecule has 0 aliphatic carbocycles. The number of rotatable bonds is 4. The van der Waals surface area contributed by atoms with Gasteiger partial charge in [-0.05, 0) is 20.8 Å². The molecule has 0 aromatic rings. The van der Waals surface area contributed by atoms with Crippen molar-refractivity contribution < 1.29 is 33.2 Å². The SMILES string of the molecule is CO[C@H]1[C@@H](OC2(C)CO2)[C@@]2(COC(C)(C)O2)OC[C@H]1OC. The lowest BCUT2D eigenvalue weighted by molar-refractivity contribution is -0.361. The van der Waals surface area contributed by atoms with Crippen molar-refractivity contribution in [3.63, 3.8) is 0 Å². The van der Waals surface area contributed by atoms with Gasteiger partial charge in [0.15, 0.2) is 11.6 Å². The van der Waals surface area contributed by atoms with Crippen molar-refractivity contribution in [2.45, 2.75) is 56.4 Å². The molecule has 3 rings (SSSR count). The van der Waals surface area contributed by atoms with Gasteiger partial charge in [0.05, 0.1) is 6.61 Å². The van der Waals surface area contributed by atoms with Crippen molar-refractivity contribution in [3.05, 3.63) is 0 Å². The van der Waals surface area contributed by atoms with E-state index in [1.165, 1.54) is 0 Å². The molecule has 3 fully saturated rings. The third-order valence-corrected chi connectivity index (χ3v) is 4.13. The van der Waals surface area contributed by atoms with Crippen LogP contribution in [-0.2, 0) is 33.2 Å². The second kappa shape index (κ2) is 5.13. The fourth-order valence-electron chi connectivity index (χ4n) is 2.88. The molecule has 0 aromatic carbocycles. The fourth-order valence-corrected chi connectivity index (χ4v) is 2.88. The van der Waals surface area contributed by atoms with E-state index in [-0.39, 0.29) is 18.8 Å². The van der Waals surface area contributed by atoms with Crippen LogP contribution >= 0.6 is 0 Å². The average molecular weight is 304 g/mol. The number of hydrogen-bond acceptors (Lipinski definition) is 7. The third kappa shape index (κ3) is 2.84. The first-order valence-electron chi connectivity index (χ1n) is 7.19. The van der Waals surface area contributed by atoms with Gasteiger partial charge in [0.2, 0.25) is 5.79 Å². The Kier molecular flexibility index (Phi) is 3.81. The van der Waals surface area contributed by atoms with Crippen molar-refractivity contribution >= 4 is 0 Å². The molecule has 0 bridgehead atoms. The van der Waals surface area contributed by atoms with Crippen LogP contribution in [0.1, 0.15) is 20.8 Å². The maximum Gasteiger partial charge on any atom is 0.224 e. The average Bonchev–Trinajstić information content (AvgIpc) is 3.07. The number of hydrogen-bond donors (Lipinski definition) is 0. The van der Waals surface area contributed by atoms with E-state index in [4.69, 9.17) is 33.2 Å². The predicted molar refractivity (Wildman–Crippen MR) is 70.6 cm³/mol. The first-order chi connectivity index (χ1) is 9.83. The first kappa shape index (κ1) is 15.6. The summed E-state index contributed by atoms with van der Waals surface area (Å²) in [6.45, 7) is 6.75. The topological polar surface area (TPSA) is 67.9 Å². The second-order valence-corrected chi connectivity index (χ2v) is 6.35. The molecule has 3 aliphatic heterocycles. The van der Waals surface area contributed by atoms with Crippen LogP contribution in [0.5, 0.6) is 0 Å². The van der Waals surface area contributed by atoms with E-state index >= 15 is 0 Å². The lowest BCUT2D eigenvalue weighted by Crippen LogP contribution is -2.65. The Bertz CT molecular complexity index is 395. The van der Waals surface area contributed by atoms with Crippen LogP contribution in [0.25, 0.3) is 0 Å². The Labute approximate surface area is 124 Å².